The summed E-state index contributed by atoms with van der Waals surface area (Å²) in [4.78, 5) is 3.24. The minimum absolute atomic E-state index is 0.224. The smallest absolute Gasteiger partial charge is 0.178 e. The number of nitrogens with one attached hydrogen (secondary N) is 1. The normalized spacial score (nSPS) is 12.2. The SMILES string of the molecule is COC(C)(C)Cn1c(=S)[nH]c2cc(C)ccc21. The predicted molar refractivity (Wildman–Crippen MR) is 72.9 cm³/mol. The molecule has 0 aliphatic carbocycles. The van der Waals surface area contributed by atoms with Gasteiger partial charge in [-0.15, -0.1) is 0 Å². The number of fused-ring (bicyclic) bond motifs is 1. The summed E-state index contributed by atoms with van der Waals surface area (Å²) in [6.07, 6.45) is 0. The summed E-state index contributed by atoms with van der Waals surface area (Å²) in [6, 6.07) is 6.31. The van der Waals surface area contributed by atoms with E-state index in [0.29, 0.717) is 0 Å². The number of aromatic amines is 1. The molecule has 0 atom stereocenters. The fourth-order valence-corrected chi connectivity index (χ4v) is 2.15. The van der Waals surface area contributed by atoms with Crippen LogP contribution in [-0.2, 0) is 11.3 Å². The number of methoxy groups -OCH3 is 1. The summed E-state index contributed by atoms with van der Waals surface area (Å²) in [5.74, 6) is 0. The molecule has 2 rings (SSSR count). The van der Waals surface area contributed by atoms with Crippen molar-refractivity contribution in [3.05, 3.63) is 28.5 Å². The zero-order chi connectivity index (χ0) is 12.6. The first-order chi connectivity index (χ1) is 7.93. The number of hydrogen-bond acceptors (Lipinski definition) is 2. The monoisotopic (exact) mass is 250 g/mol. The molecule has 0 aliphatic heterocycles. The summed E-state index contributed by atoms with van der Waals surface area (Å²) < 4.78 is 8.29. The molecule has 0 unspecified atom stereocenters. The summed E-state index contributed by atoms with van der Waals surface area (Å²) in [5, 5.41) is 0. The number of aromatic nitrogens is 2. The Hall–Kier alpha value is -1.13. The Balaban J connectivity index is 2.54. The largest absolute Gasteiger partial charge is 0.377 e. The van der Waals surface area contributed by atoms with Crippen LogP contribution in [0.25, 0.3) is 11.0 Å². The van der Waals surface area contributed by atoms with E-state index in [1.165, 1.54) is 5.56 Å². The van der Waals surface area contributed by atoms with Crippen molar-refractivity contribution in [1.82, 2.24) is 9.55 Å². The Morgan fingerprint density at radius 2 is 2.12 bits per heavy atom. The van der Waals surface area contributed by atoms with Crippen LogP contribution in [0.4, 0.5) is 0 Å². The number of ether oxygens (including phenoxy) is 1. The van der Waals surface area contributed by atoms with Crippen molar-refractivity contribution in [3.63, 3.8) is 0 Å². The van der Waals surface area contributed by atoms with E-state index >= 15 is 0 Å². The number of H-pyrrole nitrogens is 1. The molecule has 17 heavy (non-hydrogen) atoms. The molecule has 0 amide bonds. The zero-order valence-electron chi connectivity index (χ0n) is 10.7. The van der Waals surface area contributed by atoms with Crippen molar-refractivity contribution in [1.29, 1.82) is 0 Å². The average molecular weight is 250 g/mol. The minimum atomic E-state index is -0.224. The van der Waals surface area contributed by atoms with E-state index < -0.39 is 0 Å². The molecule has 3 nitrogen and oxygen atoms in total. The number of imidazole rings is 1. The van der Waals surface area contributed by atoms with Gasteiger partial charge in [-0.3, -0.25) is 0 Å². The highest BCUT2D eigenvalue weighted by Gasteiger charge is 2.19. The molecule has 0 aliphatic rings. The Morgan fingerprint density at radius 1 is 1.41 bits per heavy atom. The molecule has 2 aromatic rings. The molecule has 0 bridgehead atoms. The van der Waals surface area contributed by atoms with Gasteiger partial charge in [0, 0.05) is 7.11 Å². The van der Waals surface area contributed by atoms with Gasteiger partial charge in [0.15, 0.2) is 4.77 Å². The van der Waals surface area contributed by atoms with E-state index in [9.17, 15) is 0 Å². The molecule has 0 saturated heterocycles. The second kappa shape index (κ2) is 4.27. The summed E-state index contributed by atoms with van der Waals surface area (Å²) in [7, 11) is 1.72. The number of rotatable bonds is 3. The number of nitrogens with zero attached hydrogens (tertiary/aromatic N) is 1. The Morgan fingerprint density at radius 3 is 2.76 bits per heavy atom. The highest BCUT2D eigenvalue weighted by molar-refractivity contribution is 7.71. The van der Waals surface area contributed by atoms with Gasteiger partial charge in [0.2, 0.25) is 0 Å². The van der Waals surface area contributed by atoms with Crippen LogP contribution in [0, 0.1) is 11.7 Å². The molecule has 0 saturated carbocycles. The van der Waals surface area contributed by atoms with Crippen molar-refractivity contribution in [2.45, 2.75) is 32.9 Å². The standard InChI is InChI=1S/C13H18N2OS/c1-9-5-6-11-10(7-9)14-12(17)15(11)8-13(2,3)16-4/h5-7H,8H2,1-4H3,(H,14,17). The maximum atomic E-state index is 5.46. The van der Waals surface area contributed by atoms with Gasteiger partial charge in [-0.25, -0.2) is 0 Å². The fraction of sp³-hybridized carbons (Fsp3) is 0.462. The van der Waals surface area contributed by atoms with Crippen LogP contribution in [0.3, 0.4) is 0 Å². The lowest BCUT2D eigenvalue weighted by Crippen LogP contribution is -2.29. The van der Waals surface area contributed by atoms with Gasteiger partial charge in [0.1, 0.15) is 0 Å². The van der Waals surface area contributed by atoms with Crippen LogP contribution >= 0.6 is 12.2 Å². The molecule has 1 aromatic carbocycles. The third-order valence-electron chi connectivity index (χ3n) is 3.02. The summed E-state index contributed by atoms with van der Waals surface area (Å²) in [5.41, 5.74) is 3.22. The first-order valence-corrected chi connectivity index (χ1v) is 6.08. The van der Waals surface area contributed by atoms with E-state index in [4.69, 9.17) is 17.0 Å². The number of aryl methyl sites for hydroxylation is 1. The van der Waals surface area contributed by atoms with E-state index in [2.05, 4.69) is 48.5 Å². The molecule has 92 valence electrons. The van der Waals surface area contributed by atoms with Crippen LogP contribution in [-0.4, -0.2) is 22.3 Å². The molecule has 0 radical (unpaired) electrons. The lowest BCUT2D eigenvalue weighted by molar-refractivity contribution is 0.00873. The van der Waals surface area contributed by atoms with Crippen LogP contribution in [0.15, 0.2) is 18.2 Å². The minimum Gasteiger partial charge on any atom is -0.377 e. The molecule has 4 heteroatoms. The first kappa shape index (κ1) is 12.3. The molecular weight excluding hydrogens is 232 g/mol. The Kier molecular flexibility index (Phi) is 3.10. The topological polar surface area (TPSA) is 29.9 Å². The molecule has 1 aromatic heterocycles. The Bertz CT molecular complexity index is 595. The lowest BCUT2D eigenvalue weighted by Gasteiger charge is -2.23. The number of benzene rings is 1. The lowest BCUT2D eigenvalue weighted by atomic mass is 10.1. The van der Waals surface area contributed by atoms with Crippen molar-refractivity contribution < 1.29 is 4.74 Å². The maximum Gasteiger partial charge on any atom is 0.178 e. The van der Waals surface area contributed by atoms with Crippen LogP contribution in [0.2, 0.25) is 0 Å². The van der Waals surface area contributed by atoms with Crippen molar-refractivity contribution >= 4 is 23.3 Å². The zero-order valence-corrected chi connectivity index (χ0v) is 11.5. The van der Waals surface area contributed by atoms with E-state index in [1.807, 2.05) is 0 Å². The van der Waals surface area contributed by atoms with E-state index in [0.717, 1.165) is 22.3 Å². The van der Waals surface area contributed by atoms with Crippen molar-refractivity contribution in [3.8, 4) is 0 Å². The van der Waals surface area contributed by atoms with Gasteiger partial charge in [-0.05, 0) is 50.7 Å². The van der Waals surface area contributed by atoms with Crippen molar-refractivity contribution in [2.24, 2.45) is 0 Å². The van der Waals surface area contributed by atoms with Crippen LogP contribution in [0.1, 0.15) is 19.4 Å². The Labute approximate surface area is 106 Å². The average Bonchev–Trinajstić information content (AvgIpc) is 2.54. The van der Waals surface area contributed by atoms with E-state index in [-0.39, 0.29) is 5.60 Å². The molecule has 0 spiro atoms. The third-order valence-corrected chi connectivity index (χ3v) is 3.34. The van der Waals surface area contributed by atoms with Crippen LogP contribution < -0.4 is 0 Å². The van der Waals surface area contributed by atoms with Gasteiger partial charge in [0.25, 0.3) is 0 Å². The molecular formula is C13H18N2OS. The molecule has 1 heterocycles. The highest BCUT2D eigenvalue weighted by atomic mass is 32.1. The van der Waals surface area contributed by atoms with E-state index in [1.54, 1.807) is 7.11 Å². The summed E-state index contributed by atoms with van der Waals surface area (Å²) >= 11 is 5.36. The molecule has 1 N–H and O–H groups in total. The quantitative estimate of drug-likeness (QED) is 0.846. The van der Waals surface area contributed by atoms with Gasteiger partial charge in [0.05, 0.1) is 23.2 Å². The van der Waals surface area contributed by atoms with Gasteiger partial charge >= 0.3 is 0 Å². The van der Waals surface area contributed by atoms with Gasteiger partial charge < -0.3 is 14.3 Å². The highest BCUT2D eigenvalue weighted by Crippen LogP contribution is 2.19. The third kappa shape index (κ3) is 2.42. The second-order valence-electron chi connectivity index (χ2n) is 5.00. The summed E-state index contributed by atoms with van der Waals surface area (Å²) in [6.45, 7) is 6.93. The number of hydrogen-bond donors (Lipinski definition) is 1. The van der Waals surface area contributed by atoms with Crippen LogP contribution in [0.5, 0.6) is 0 Å². The molecule has 0 fully saturated rings. The van der Waals surface area contributed by atoms with Gasteiger partial charge in [-0.1, -0.05) is 6.07 Å². The first-order valence-electron chi connectivity index (χ1n) is 5.67. The van der Waals surface area contributed by atoms with Crippen molar-refractivity contribution in [2.75, 3.05) is 7.11 Å². The van der Waals surface area contributed by atoms with Gasteiger partial charge in [-0.2, -0.15) is 0 Å². The predicted octanol–water partition coefficient (Wildman–Crippen LogP) is 3.43. The second-order valence-corrected chi connectivity index (χ2v) is 5.39. The fourth-order valence-electron chi connectivity index (χ4n) is 1.88. The maximum absolute atomic E-state index is 5.46.